The number of rotatable bonds is 2. The molecule has 1 saturated carbocycles. The van der Waals surface area contributed by atoms with Gasteiger partial charge in [0.15, 0.2) is 0 Å². The second kappa shape index (κ2) is 4.89. The fourth-order valence-electron chi connectivity index (χ4n) is 2.92. The van der Waals surface area contributed by atoms with Crippen molar-refractivity contribution in [3.05, 3.63) is 0 Å². The Kier molecular flexibility index (Phi) is 3.78. The molecular formula is C12H22OS. The van der Waals surface area contributed by atoms with Gasteiger partial charge in [-0.15, -0.1) is 0 Å². The van der Waals surface area contributed by atoms with E-state index in [-0.39, 0.29) is 5.60 Å². The molecule has 2 heteroatoms. The van der Waals surface area contributed by atoms with Crippen LogP contribution in [0.25, 0.3) is 0 Å². The fraction of sp³-hybridized carbons (Fsp3) is 1.00. The maximum absolute atomic E-state index is 10.4. The van der Waals surface area contributed by atoms with Crippen molar-refractivity contribution in [1.29, 1.82) is 0 Å². The molecule has 0 aromatic carbocycles. The molecule has 2 rings (SSSR count). The van der Waals surface area contributed by atoms with Crippen molar-refractivity contribution in [3.63, 3.8) is 0 Å². The SMILES string of the molecule is OC1(CC2CCCSC2)CCCCC1. The zero-order chi connectivity index (χ0) is 9.86. The van der Waals surface area contributed by atoms with Gasteiger partial charge >= 0.3 is 0 Å². The van der Waals surface area contributed by atoms with E-state index in [2.05, 4.69) is 11.8 Å². The zero-order valence-corrected chi connectivity index (χ0v) is 9.82. The molecule has 0 aromatic heterocycles. The van der Waals surface area contributed by atoms with Crippen LogP contribution in [0.15, 0.2) is 0 Å². The summed E-state index contributed by atoms with van der Waals surface area (Å²) in [6.07, 6.45) is 9.76. The Labute approximate surface area is 91.7 Å². The second-order valence-corrected chi connectivity index (χ2v) is 6.22. The Bertz CT molecular complexity index is 169. The minimum Gasteiger partial charge on any atom is -0.390 e. The van der Waals surface area contributed by atoms with Gasteiger partial charge in [-0.1, -0.05) is 19.3 Å². The van der Waals surface area contributed by atoms with Gasteiger partial charge in [-0.2, -0.15) is 11.8 Å². The first kappa shape index (κ1) is 10.8. The van der Waals surface area contributed by atoms with Gasteiger partial charge in [-0.3, -0.25) is 0 Å². The van der Waals surface area contributed by atoms with E-state index >= 15 is 0 Å². The van der Waals surface area contributed by atoms with E-state index in [4.69, 9.17) is 0 Å². The van der Waals surface area contributed by atoms with E-state index in [0.29, 0.717) is 0 Å². The molecule has 0 spiro atoms. The second-order valence-electron chi connectivity index (χ2n) is 5.07. The summed E-state index contributed by atoms with van der Waals surface area (Å²) in [5.74, 6) is 3.44. The summed E-state index contributed by atoms with van der Waals surface area (Å²) in [5, 5.41) is 10.4. The molecule has 2 fully saturated rings. The number of aliphatic hydroxyl groups is 1. The molecular weight excluding hydrogens is 192 g/mol. The van der Waals surface area contributed by atoms with Gasteiger partial charge < -0.3 is 5.11 Å². The average molecular weight is 214 g/mol. The lowest BCUT2D eigenvalue weighted by molar-refractivity contribution is -0.0163. The fourth-order valence-corrected chi connectivity index (χ4v) is 4.08. The van der Waals surface area contributed by atoms with Crippen molar-refractivity contribution in [2.75, 3.05) is 11.5 Å². The van der Waals surface area contributed by atoms with Crippen molar-refractivity contribution in [1.82, 2.24) is 0 Å². The Morgan fingerprint density at radius 1 is 1.14 bits per heavy atom. The highest BCUT2D eigenvalue weighted by molar-refractivity contribution is 7.99. The van der Waals surface area contributed by atoms with Crippen molar-refractivity contribution in [3.8, 4) is 0 Å². The van der Waals surface area contributed by atoms with Gasteiger partial charge in [0.25, 0.3) is 0 Å². The molecule has 82 valence electrons. The highest BCUT2D eigenvalue weighted by Gasteiger charge is 2.32. The third kappa shape index (κ3) is 2.90. The lowest BCUT2D eigenvalue weighted by atomic mass is 9.78. The maximum Gasteiger partial charge on any atom is 0.0650 e. The summed E-state index contributed by atoms with van der Waals surface area (Å²) < 4.78 is 0. The molecule has 0 amide bonds. The van der Waals surface area contributed by atoms with Crippen LogP contribution in [0.4, 0.5) is 0 Å². The molecule has 1 aliphatic heterocycles. The average Bonchev–Trinajstić information content (AvgIpc) is 2.19. The first-order valence-electron chi connectivity index (χ1n) is 6.09. The van der Waals surface area contributed by atoms with Crippen molar-refractivity contribution in [2.45, 2.75) is 57.0 Å². The minimum absolute atomic E-state index is 0.277. The van der Waals surface area contributed by atoms with Gasteiger partial charge in [0.1, 0.15) is 0 Å². The molecule has 1 unspecified atom stereocenters. The highest BCUT2D eigenvalue weighted by atomic mass is 32.2. The van der Waals surface area contributed by atoms with Crippen LogP contribution in [0.5, 0.6) is 0 Å². The molecule has 0 bridgehead atoms. The quantitative estimate of drug-likeness (QED) is 0.761. The number of hydrogen-bond acceptors (Lipinski definition) is 2. The molecule has 2 aliphatic rings. The summed E-state index contributed by atoms with van der Waals surface area (Å²) in [6.45, 7) is 0. The van der Waals surface area contributed by atoms with Gasteiger partial charge in [0.05, 0.1) is 5.60 Å². The number of thioether (sulfide) groups is 1. The summed E-state index contributed by atoms with van der Waals surface area (Å²) in [5.41, 5.74) is -0.277. The Hall–Kier alpha value is 0.310. The van der Waals surface area contributed by atoms with E-state index in [1.807, 2.05) is 0 Å². The predicted molar refractivity (Wildman–Crippen MR) is 62.7 cm³/mol. The van der Waals surface area contributed by atoms with Crippen molar-refractivity contribution < 1.29 is 5.11 Å². The van der Waals surface area contributed by atoms with E-state index in [1.54, 1.807) is 0 Å². The lowest BCUT2D eigenvalue weighted by Crippen LogP contribution is -2.35. The molecule has 1 nitrogen and oxygen atoms in total. The van der Waals surface area contributed by atoms with Crippen LogP contribution < -0.4 is 0 Å². The van der Waals surface area contributed by atoms with Crippen molar-refractivity contribution in [2.24, 2.45) is 5.92 Å². The number of hydrogen-bond donors (Lipinski definition) is 1. The summed E-state index contributed by atoms with van der Waals surface area (Å²) in [6, 6.07) is 0. The van der Waals surface area contributed by atoms with E-state index in [0.717, 1.165) is 25.2 Å². The molecule has 0 aromatic rings. The van der Waals surface area contributed by atoms with Crippen LogP contribution >= 0.6 is 11.8 Å². The standard InChI is InChI=1S/C12H22OS/c13-12(6-2-1-3-7-12)9-11-5-4-8-14-10-11/h11,13H,1-10H2. The Morgan fingerprint density at radius 3 is 2.57 bits per heavy atom. The molecule has 14 heavy (non-hydrogen) atoms. The third-order valence-electron chi connectivity index (χ3n) is 3.71. The van der Waals surface area contributed by atoms with Gasteiger partial charge in [0.2, 0.25) is 0 Å². The van der Waals surface area contributed by atoms with Crippen LogP contribution in [0, 0.1) is 5.92 Å². The molecule has 1 atom stereocenters. The highest BCUT2D eigenvalue weighted by Crippen LogP contribution is 2.37. The van der Waals surface area contributed by atoms with E-state index < -0.39 is 0 Å². The Morgan fingerprint density at radius 2 is 1.93 bits per heavy atom. The zero-order valence-electron chi connectivity index (χ0n) is 9.00. The molecule has 0 radical (unpaired) electrons. The molecule has 1 saturated heterocycles. The van der Waals surface area contributed by atoms with Crippen LogP contribution in [0.3, 0.4) is 0 Å². The van der Waals surface area contributed by atoms with Crippen LogP contribution in [0.1, 0.15) is 51.4 Å². The smallest absolute Gasteiger partial charge is 0.0650 e. The summed E-state index contributed by atoms with van der Waals surface area (Å²) in [7, 11) is 0. The third-order valence-corrected chi connectivity index (χ3v) is 4.99. The largest absolute Gasteiger partial charge is 0.390 e. The van der Waals surface area contributed by atoms with Gasteiger partial charge in [-0.25, -0.2) is 0 Å². The van der Waals surface area contributed by atoms with Crippen molar-refractivity contribution >= 4 is 11.8 Å². The first-order chi connectivity index (χ1) is 6.79. The molecule has 1 heterocycles. The topological polar surface area (TPSA) is 20.2 Å². The predicted octanol–water partition coefficient (Wildman–Crippen LogP) is 3.21. The van der Waals surface area contributed by atoms with Crippen LogP contribution in [0.2, 0.25) is 0 Å². The van der Waals surface area contributed by atoms with Gasteiger partial charge in [-0.05, 0) is 49.5 Å². The monoisotopic (exact) mass is 214 g/mol. The normalized spacial score (nSPS) is 32.8. The van der Waals surface area contributed by atoms with E-state index in [1.165, 1.54) is 43.6 Å². The molecule has 1 aliphatic carbocycles. The maximum atomic E-state index is 10.4. The summed E-state index contributed by atoms with van der Waals surface area (Å²) in [4.78, 5) is 0. The summed E-state index contributed by atoms with van der Waals surface area (Å²) >= 11 is 2.08. The first-order valence-corrected chi connectivity index (χ1v) is 7.24. The van der Waals surface area contributed by atoms with Gasteiger partial charge in [0, 0.05) is 0 Å². The Balaban J connectivity index is 1.81. The van der Waals surface area contributed by atoms with E-state index in [9.17, 15) is 5.11 Å². The molecule has 1 N–H and O–H groups in total. The van der Waals surface area contributed by atoms with Crippen LogP contribution in [-0.4, -0.2) is 22.2 Å². The lowest BCUT2D eigenvalue weighted by Gasteiger charge is -2.36. The minimum atomic E-state index is -0.277. The van der Waals surface area contributed by atoms with Crippen LogP contribution in [-0.2, 0) is 0 Å².